The number of nitrogens with two attached hydrogens (primary N) is 1. The highest BCUT2D eigenvalue weighted by atomic mass is 16.1. The Balaban J connectivity index is 1.75. The van der Waals surface area contributed by atoms with Gasteiger partial charge < -0.3 is 16.0 Å². The molecule has 5 heteroatoms. The smallest absolute Gasteiger partial charge is 0.252 e. The van der Waals surface area contributed by atoms with Gasteiger partial charge in [0.05, 0.1) is 0 Å². The number of H-pyrrole nitrogens is 1. The molecule has 0 radical (unpaired) electrons. The number of aromatic nitrogens is 2. The zero-order valence-electron chi connectivity index (χ0n) is 11.2. The summed E-state index contributed by atoms with van der Waals surface area (Å²) in [5.41, 5.74) is 5.80. The molecule has 5 nitrogen and oxygen atoms in total. The monoisotopic (exact) mass is 262 g/mol. The Hall–Kier alpha value is -1.36. The molecule has 1 aromatic rings. The third kappa shape index (κ3) is 2.97. The predicted molar refractivity (Wildman–Crippen MR) is 75.3 cm³/mol. The summed E-state index contributed by atoms with van der Waals surface area (Å²) < 4.78 is 0. The van der Waals surface area contributed by atoms with E-state index in [0.717, 1.165) is 18.7 Å². The molecule has 1 heterocycles. The molecule has 2 fully saturated rings. The lowest BCUT2D eigenvalue weighted by molar-refractivity contribution is 0.461. The summed E-state index contributed by atoms with van der Waals surface area (Å²) in [5.74, 6) is 2.60. The van der Waals surface area contributed by atoms with E-state index in [1.807, 2.05) is 0 Å². The molecular formula is C14H22N4O. The van der Waals surface area contributed by atoms with Crippen LogP contribution in [0.25, 0.3) is 0 Å². The SMILES string of the molecule is NCC(Nc1cc(=O)[nH]c(C2CC2)n1)C1CCCC1. The second-order valence-corrected chi connectivity index (χ2v) is 5.82. The first-order chi connectivity index (χ1) is 9.26. The van der Waals surface area contributed by atoms with E-state index >= 15 is 0 Å². The van der Waals surface area contributed by atoms with Crippen LogP contribution in [0, 0.1) is 5.92 Å². The highest BCUT2D eigenvalue weighted by Gasteiger charge is 2.28. The van der Waals surface area contributed by atoms with Crippen LogP contribution >= 0.6 is 0 Å². The lowest BCUT2D eigenvalue weighted by Gasteiger charge is -2.23. The molecule has 1 aromatic heterocycles. The van der Waals surface area contributed by atoms with Crippen molar-refractivity contribution in [3.8, 4) is 0 Å². The van der Waals surface area contributed by atoms with E-state index in [2.05, 4.69) is 15.3 Å². The number of aromatic amines is 1. The van der Waals surface area contributed by atoms with Gasteiger partial charge in [0.15, 0.2) is 0 Å². The highest BCUT2D eigenvalue weighted by molar-refractivity contribution is 5.35. The first-order valence-electron chi connectivity index (χ1n) is 7.34. The first kappa shape index (κ1) is 12.7. The van der Waals surface area contributed by atoms with Gasteiger partial charge in [-0.2, -0.15) is 0 Å². The van der Waals surface area contributed by atoms with Crippen LogP contribution in [-0.4, -0.2) is 22.6 Å². The van der Waals surface area contributed by atoms with Crippen molar-refractivity contribution in [2.45, 2.75) is 50.5 Å². The zero-order chi connectivity index (χ0) is 13.2. The van der Waals surface area contributed by atoms with Gasteiger partial charge in [-0.05, 0) is 31.6 Å². The van der Waals surface area contributed by atoms with Crippen molar-refractivity contribution >= 4 is 5.82 Å². The van der Waals surface area contributed by atoms with Crippen LogP contribution in [0.5, 0.6) is 0 Å². The summed E-state index contributed by atoms with van der Waals surface area (Å²) in [6, 6.07) is 1.78. The lowest BCUT2D eigenvalue weighted by Crippen LogP contribution is -2.36. The average molecular weight is 262 g/mol. The van der Waals surface area contributed by atoms with Gasteiger partial charge in [0.2, 0.25) is 0 Å². The van der Waals surface area contributed by atoms with Gasteiger partial charge in [-0.1, -0.05) is 12.8 Å². The fourth-order valence-corrected chi connectivity index (χ4v) is 3.02. The number of anilines is 1. The zero-order valence-corrected chi connectivity index (χ0v) is 11.2. The van der Waals surface area contributed by atoms with Gasteiger partial charge in [-0.3, -0.25) is 4.79 Å². The summed E-state index contributed by atoms with van der Waals surface area (Å²) in [6.07, 6.45) is 7.31. The van der Waals surface area contributed by atoms with E-state index in [4.69, 9.17) is 5.73 Å². The number of hydrogen-bond donors (Lipinski definition) is 3. The normalized spacial score (nSPS) is 21.5. The topological polar surface area (TPSA) is 83.8 Å². The molecular weight excluding hydrogens is 240 g/mol. The van der Waals surface area contributed by atoms with Crippen LogP contribution in [0.3, 0.4) is 0 Å². The van der Waals surface area contributed by atoms with E-state index < -0.39 is 0 Å². The minimum Gasteiger partial charge on any atom is -0.366 e. The van der Waals surface area contributed by atoms with Crippen molar-refractivity contribution in [1.29, 1.82) is 0 Å². The second kappa shape index (κ2) is 5.33. The minimum absolute atomic E-state index is 0.0680. The summed E-state index contributed by atoms with van der Waals surface area (Å²) in [4.78, 5) is 19.0. The van der Waals surface area contributed by atoms with E-state index in [1.165, 1.54) is 25.7 Å². The number of nitrogens with zero attached hydrogens (tertiary/aromatic N) is 1. The van der Waals surface area contributed by atoms with Crippen LogP contribution < -0.4 is 16.6 Å². The standard InChI is InChI=1S/C14H22N4O/c15-8-11(9-3-1-2-4-9)16-12-7-13(19)18-14(17-12)10-5-6-10/h7,9-11H,1-6,8,15H2,(H2,16,17,18,19). The molecule has 4 N–H and O–H groups in total. The molecule has 0 aliphatic heterocycles. The fourth-order valence-electron chi connectivity index (χ4n) is 3.02. The Morgan fingerprint density at radius 2 is 2.11 bits per heavy atom. The summed E-state index contributed by atoms with van der Waals surface area (Å²) in [7, 11) is 0. The van der Waals surface area contributed by atoms with Gasteiger partial charge in [-0.25, -0.2) is 4.98 Å². The second-order valence-electron chi connectivity index (χ2n) is 5.82. The molecule has 1 atom stereocenters. The largest absolute Gasteiger partial charge is 0.366 e. The summed E-state index contributed by atoms with van der Waals surface area (Å²) in [5, 5.41) is 3.38. The van der Waals surface area contributed by atoms with Crippen molar-refractivity contribution in [2.24, 2.45) is 11.7 Å². The van der Waals surface area contributed by atoms with Crippen LogP contribution in [0.1, 0.15) is 50.3 Å². The van der Waals surface area contributed by atoms with Gasteiger partial charge in [-0.15, -0.1) is 0 Å². The Morgan fingerprint density at radius 3 is 2.74 bits per heavy atom. The van der Waals surface area contributed by atoms with Crippen LogP contribution in [0.15, 0.2) is 10.9 Å². The fraction of sp³-hybridized carbons (Fsp3) is 0.714. The molecule has 2 aliphatic carbocycles. The van der Waals surface area contributed by atoms with Crippen LogP contribution in [-0.2, 0) is 0 Å². The molecule has 19 heavy (non-hydrogen) atoms. The molecule has 3 rings (SSSR count). The predicted octanol–water partition coefficient (Wildman–Crippen LogP) is 1.58. The third-order valence-corrected chi connectivity index (χ3v) is 4.28. The quantitative estimate of drug-likeness (QED) is 0.752. The van der Waals surface area contributed by atoms with E-state index in [-0.39, 0.29) is 11.6 Å². The molecule has 0 spiro atoms. The van der Waals surface area contributed by atoms with Gasteiger partial charge in [0, 0.05) is 24.6 Å². The Morgan fingerprint density at radius 1 is 1.37 bits per heavy atom. The van der Waals surface area contributed by atoms with Crippen molar-refractivity contribution in [1.82, 2.24) is 9.97 Å². The molecule has 0 amide bonds. The van der Waals surface area contributed by atoms with Crippen molar-refractivity contribution in [3.05, 3.63) is 22.2 Å². The maximum absolute atomic E-state index is 11.7. The summed E-state index contributed by atoms with van der Waals surface area (Å²) in [6.45, 7) is 0.595. The van der Waals surface area contributed by atoms with E-state index in [0.29, 0.717) is 24.2 Å². The van der Waals surface area contributed by atoms with Gasteiger partial charge in [0.1, 0.15) is 11.6 Å². The van der Waals surface area contributed by atoms with Crippen molar-refractivity contribution in [2.75, 3.05) is 11.9 Å². The van der Waals surface area contributed by atoms with Crippen LogP contribution in [0.2, 0.25) is 0 Å². The number of hydrogen-bond acceptors (Lipinski definition) is 4. The van der Waals surface area contributed by atoms with Gasteiger partial charge in [0.25, 0.3) is 5.56 Å². The maximum Gasteiger partial charge on any atom is 0.252 e. The first-order valence-corrected chi connectivity index (χ1v) is 7.34. The molecule has 1 unspecified atom stereocenters. The summed E-state index contributed by atoms with van der Waals surface area (Å²) >= 11 is 0. The van der Waals surface area contributed by atoms with Crippen molar-refractivity contribution < 1.29 is 0 Å². The van der Waals surface area contributed by atoms with E-state index in [9.17, 15) is 4.79 Å². The van der Waals surface area contributed by atoms with Gasteiger partial charge >= 0.3 is 0 Å². The van der Waals surface area contributed by atoms with Crippen molar-refractivity contribution in [3.63, 3.8) is 0 Å². The average Bonchev–Trinajstić information content (AvgIpc) is 3.11. The molecule has 2 aliphatic rings. The molecule has 104 valence electrons. The number of rotatable bonds is 5. The minimum atomic E-state index is -0.0680. The molecule has 2 saturated carbocycles. The van der Waals surface area contributed by atoms with Crippen LogP contribution in [0.4, 0.5) is 5.82 Å². The Bertz CT molecular complexity index is 488. The molecule has 0 aromatic carbocycles. The van der Waals surface area contributed by atoms with E-state index in [1.54, 1.807) is 6.07 Å². The Labute approximate surface area is 113 Å². The third-order valence-electron chi connectivity index (χ3n) is 4.28. The maximum atomic E-state index is 11.7. The molecule has 0 saturated heterocycles. The lowest BCUT2D eigenvalue weighted by atomic mass is 9.98. The number of nitrogens with one attached hydrogen (secondary N) is 2. The highest BCUT2D eigenvalue weighted by Crippen LogP contribution is 2.37. The molecule has 0 bridgehead atoms. The Kier molecular flexibility index (Phi) is 3.55.